The number of aliphatic hydroxyl groups excluding tert-OH is 1. The van der Waals surface area contributed by atoms with E-state index in [1.165, 1.54) is 35.1 Å². The van der Waals surface area contributed by atoms with E-state index in [1.54, 1.807) is 12.5 Å². The molecule has 1 aliphatic carbocycles. The predicted molar refractivity (Wildman–Crippen MR) is 107 cm³/mol. The fourth-order valence-corrected chi connectivity index (χ4v) is 5.87. The summed E-state index contributed by atoms with van der Waals surface area (Å²) in [5.74, 6) is 1.98. The molecule has 1 saturated heterocycles. The smallest absolute Gasteiger partial charge is 0.141 e. The number of aromatic nitrogens is 4. The maximum Gasteiger partial charge on any atom is 0.141 e. The fourth-order valence-electron chi connectivity index (χ4n) is 4.65. The number of fused-ring (bicyclic) bond motifs is 3. The minimum atomic E-state index is -0.540. The van der Waals surface area contributed by atoms with Gasteiger partial charge in [-0.1, -0.05) is 0 Å². The summed E-state index contributed by atoms with van der Waals surface area (Å²) in [4.78, 5) is 18.6. The largest absolute Gasteiger partial charge is 0.385 e. The molecular formula is C20H25N5OS. The van der Waals surface area contributed by atoms with E-state index in [4.69, 9.17) is 4.98 Å². The highest BCUT2D eigenvalue weighted by molar-refractivity contribution is 7.19. The number of thiophene rings is 1. The maximum atomic E-state index is 10.9. The van der Waals surface area contributed by atoms with Crippen molar-refractivity contribution in [3.63, 3.8) is 0 Å². The maximum absolute atomic E-state index is 10.9. The van der Waals surface area contributed by atoms with Crippen LogP contribution < -0.4 is 4.90 Å². The Morgan fingerprint density at radius 1 is 1.19 bits per heavy atom. The van der Waals surface area contributed by atoms with E-state index >= 15 is 0 Å². The van der Waals surface area contributed by atoms with Gasteiger partial charge >= 0.3 is 0 Å². The summed E-state index contributed by atoms with van der Waals surface area (Å²) in [5.41, 5.74) is 1.48. The van der Waals surface area contributed by atoms with Gasteiger partial charge in [0, 0.05) is 43.3 Å². The van der Waals surface area contributed by atoms with Crippen LogP contribution >= 0.6 is 11.3 Å². The second kappa shape index (κ2) is 6.87. The molecule has 3 aromatic heterocycles. The molecule has 1 fully saturated rings. The second-order valence-electron chi connectivity index (χ2n) is 7.78. The molecule has 5 rings (SSSR count). The molecule has 1 N–H and O–H groups in total. The van der Waals surface area contributed by atoms with E-state index in [2.05, 4.69) is 14.9 Å². The zero-order chi connectivity index (χ0) is 18.4. The van der Waals surface area contributed by atoms with E-state index in [9.17, 15) is 5.11 Å². The first kappa shape index (κ1) is 17.1. The lowest BCUT2D eigenvalue weighted by atomic mass is 9.91. The van der Waals surface area contributed by atoms with E-state index in [-0.39, 0.29) is 5.92 Å². The van der Waals surface area contributed by atoms with E-state index < -0.39 is 6.10 Å². The molecule has 2 unspecified atom stereocenters. The lowest BCUT2D eigenvalue weighted by molar-refractivity contribution is 0.0874. The molecule has 0 amide bonds. The minimum Gasteiger partial charge on any atom is -0.385 e. The molecule has 7 heteroatoms. The van der Waals surface area contributed by atoms with Crippen LogP contribution in [-0.4, -0.2) is 37.7 Å². The molecule has 1 aliphatic heterocycles. The molecule has 4 heterocycles. The average molecular weight is 384 g/mol. The fraction of sp³-hybridized carbons (Fsp3) is 0.550. The van der Waals surface area contributed by atoms with Gasteiger partial charge in [0.1, 0.15) is 28.9 Å². The summed E-state index contributed by atoms with van der Waals surface area (Å²) in [7, 11) is 1.94. The van der Waals surface area contributed by atoms with Crippen LogP contribution in [0.25, 0.3) is 10.2 Å². The molecule has 142 valence electrons. The minimum absolute atomic E-state index is 0.166. The first-order valence-corrected chi connectivity index (χ1v) is 10.7. The van der Waals surface area contributed by atoms with Gasteiger partial charge in [-0.2, -0.15) is 0 Å². The summed E-state index contributed by atoms with van der Waals surface area (Å²) < 4.78 is 1.92. The Bertz CT molecular complexity index is 965. The quantitative estimate of drug-likeness (QED) is 0.752. The van der Waals surface area contributed by atoms with Crippen molar-refractivity contribution in [3.8, 4) is 0 Å². The average Bonchev–Trinajstić information content (AvgIpc) is 3.30. The van der Waals surface area contributed by atoms with Crippen molar-refractivity contribution < 1.29 is 5.11 Å². The van der Waals surface area contributed by atoms with Crippen molar-refractivity contribution >= 4 is 27.4 Å². The van der Waals surface area contributed by atoms with Gasteiger partial charge in [-0.15, -0.1) is 11.3 Å². The summed E-state index contributed by atoms with van der Waals surface area (Å²) in [5, 5.41) is 12.2. The number of hydrogen-bond donors (Lipinski definition) is 1. The number of anilines is 1. The molecule has 27 heavy (non-hydrogen) atoms. The highest BCUT2D eigenvalue weighted by Gasteiger charge is 2.31. The number of piperidine rings is 1. The monoisotopic (exact) mass is 383 g/mol. The Balaban J connectivity index is 1.48. The van der Waals surface area contributed by atoms with Gasteiger partial charge in [0.25, 0.3) is 0 Å². The van der Waals surface area contributed by atoms with E-state index in [0.29, 0.717) is 0 Å². The Labute approximate surface area is 162 Å². The summed E-state index contributed by atoms with van der Waals surface area (Å²) in [6, 6.07) is 0. The molecule has 0 aromatic carbocycles. The van der Waals surface area contributed by atoms with E-state index in [1.807, 2.05) is 29.1 Å². The van der Waals surface area contributed by atoms with Crippen molar-refractivity contribution in [2.75, 3.05) is 18.0 Å². The van der Waals surface area contributed by atoms with Crippen LogP contribution in [0, 0.1) is 5.92 Å². The van der Waals surface area contributed by atoms with Crippen LogP contribution in [-0.2, 0) is 19.9 Å². The van der Waals surface area contributed by atoms with Gasteiger partial charge in [-0.05, 0) is 44.1 Å². The van der Waals surface area contributed by atoms with Crippen molar-refractivity contribution in [3.05, 3.63) is 35.0 Å². The van der Waals surface area contributed by atoms with Gasteiger partial charge in [0.2, 0.25) is 0 Å². The molecule has 2 atom stereocenters. The third-order valence-electron chi connectivity index (χ3n) is 6.06. The molecule has 0 radical (unpaired) electrons. The highest BCUT2D eigenvalue weighted by atomic mass is 32.1. The van der Waals surface area contributed by atoms with Gasteiger partial charge in [-0.25, -0.2) is 15.0 Å². The first-order chi connectivity index (χ1) is 13.2. The number of nitrogens with zero attached hydrogens (tertiary/aromatic N) is 5. The van der Waals surface area contributed by atoms with Gasteiger partial charge in [-0.3, -0.25) is 0 Å². The Kier molecular flexibility index (Phi) is 4.36. The molecule has 0 bridgehead atoms. The van der Waals surface area contributed by atoms with Crippen LogP contribution in [0.1, 0.15) is 48.1 Å². The standard InChI is InChI=1S/C20H25N5OS/c1-24-10-8-21-19(24)17(26)13-5-4-9-25(11-13)18-16-14-6-2-3-7-15(14)27-20(16)23-12-22-18/h8,10,12-13,17,26H,2-7,9,11H2,1H3. The number of rotatable bonds is 3. The van der Waals surface area contributed by atoms with Crippen LogP contribution in [0.15, 0.2) is 18.7 Å². The van der Waals surface area contributed by atoms with Crippen LogP contribution in [0.2, 0.25) is 0 Å². The summed E-state index contributed by atoms with van der Waals surface area (Å²) in [6.45, 7) is 1.80. The topological polar surface area (TPSA) is 67.1 Å². The second-order valence-corrected chi connectivity index (χ2v) is 8.86. The lowest BCUT2D eigenvalue weighted by Crippen LogP contribution is -2.39. The Morgan fingerprint density at radius 3 is 2.93 bits per heavy atom. The molecule has 0 saturated carbocycles. The normalized spacial score (nSPS) is 21.4. The number of hydrogen-bond acceptors (Lipinski definition) is 6. The molecule has 2 aliphatic rings. The molecule has 0 spiro atoms. The van der Waals surface area contributed by atoms with Gasteiger partial charge in [0.05, 0.1) is 5.39 Å². The first-order valence-electron chi connectivity index (χ1n) is 9.88. The van der Waals surface area contributed by atoms with Crippen LogP contribution in [0.3, 0.4) is 0 Å². The lowest BCUT2D eigenvalue weighted by Gasteiger charge is -2.36. The zero-order valence-electron chi connectivity index (χ0n) is 15.6. The van der Waals surface area contributed by atoms with E-state index in [0.717, 1.165) is 48.8 Å². The third kappa shape index (κ3) is 2.93. The van der Waals surface area contributed by atoms with Crippen molar-refractivity contribution in [1.29, 1.82) is 0 Å². The zero-order valence-corrected chi connectivity index (χ0v) is 16.5. The molecule has 3 aromatic rings. The van der Waals surface area contributed by atoms with Crippen LogP contribution in [0.4, 0.5) is 5.82 Å². The number of aryl methyl sites for hydroxylation is 3. The molecule has 6 nitrogen and oxygen atoms in total. The summed E-state index contributed by atoms with van der Waals surface area (Å²) in [6.07, 6.45) is 11.7. The van der Waals surface area contributed by atoms with Crippen molar-refractivity contribution in [1.82, 2.24) is 19.5 Å². The van der Waals surface area contributed by atoms with Crippen molar-refractivity contribution in [2.24, 2.45) is 13.0 Å². The molecular weight excluding hydrogens is 358 g/mol. The highest BCUT2D eigenvalue weighted by Crippen LogP contribution is 2.40. The Hall–Kier alpha value is -1.99. The van der Waals surface area contributed by atoms with Gasteiger partial charge in [0.15, 0.2) is 0 Å². The predicted octanol–water partition coefficient (Wildman–Crippen LogP) is 3.25. The number of imidazole rings is 1. The Morgan fingerprint density at radius 2 is 2.07 bits per heavy atom. The SMILES string of the molecule is Cn1ccnc1C(O)C1CCCN(c2ncnc3sc4c(c23)CCCC4)C1. The van der Waals surface area contributed by atoms with Crippen LogP contribution in [0.5, 0.6) is 0 Å². The number of aliphatic hydroxyl groups is 1. The van der Waals surface area contributed by atoms with Gasteiger partial charge < -0.3 is 14.6 Å². The summed E-state index contributed by atoms with van der Waals surface area (Å²) >= 11 is 1.84. The third-order valence-corrected chi connectivity index (χ3v) is 7.26. The van der Waals surface area contributed by atoms with Crippen molar-refractivity contribution in [2.45, 2.75) is 44.6 Å².